The number of hydrogen-bond donors (Lipinski definition) is 0. The van der Waals surface area contributed by atoms with E-state index >= 15 is 0 Å². The fraction of sp³-hybridized carbons (Fsp3) is 0. The predicted octanol–water partition coefficient (Wildman–Crippen LogP) is 13.7. The number of rotatable bonds is 6. The highest BCUT2D eigenvalue weighted by atomic mass is 16.3. The van der Waals surface area contributed by atoms with Gasteiger partial charge in [0.1, 0.15) is 22.3 Å². The molecule has 3 heterocycles. The summed E-state index contributed by atoms with van der Waals surface area (Å²) in [5.41, 5.74) is 12.4. The van der Waals surface area contributed by atoms with E-state index in [1.165, 1.54) is 0 Å². The SMILES string of the molecule is c1ccc(-c2ccc(-c3nc(-c4ccccc4)nc(-c4cccc5oc6c(-c7ccc(-c8ccccc8)c8c7oc7ccccc78)cccc6c45)n3)cc2)cc1. The van der Waals surface area contributed by atoms with Crippen molar-refractivity contribution in [3.8, 4) is 67.5 Å². The Kier molecular flexibility index (Phi) is 7.42. The first-order valence-corrected chi connectivity index (χ1v) is 18.7. The summed E-state index contributed by atoms with van der Waals surface area (Å²) < 4.78 is 13.5. The van der Waals surface area contributed by atoms with E-state index in [-0.39, 0.29) is 0 Å². The fourth-order valence-corrected chi connectivity index (χ4v) is 7.93. The van der Waals surface area contributed by atoms with Crippen molar-refractivity contribution in [1.29, 1.82) is 0 Å². The van der Waals surface area contributed by atoms with Crippen molar-refractivity contribution >= 4 is 43.9 Å². The average Bonchev–Trinajstić information content (AvgIpc) is 3.87. The van der Waals surface area contributed by atoms with Crippen molar-refractivity contribution in [3.63, 3.8) is 0 Å². The summed E-state index contributed by atoms with van der Waals surface area (Å²) in [5, 5.41) is 4.08. The van der Waals surface area contributed by atoms with Gasteiger partial charge in [-0.2, -0.15) is 0 Å². The van der Waals surface area contributed by atoms with Crippen molar-refractivity contribution in [2.75, 3.05) is 0 Å². The van der Waals surface area contributed by atoms with Gasteiger partial charge in [-0.25, -0.2) is 15.0 Å². The molecule has 3 aromatic heterocycles. The zero-order chi connectivity index (χ0) is 37.0. The minimum absolute atomic E-state index is 0.576. The van der Waals surface area contributed by atoms with Crippen molar-refractivity contribution < 1.29 is 8.83 Å². The summed E-state index contributed by atoms with van der Waals surface area (Å²) in [6.07, 6.45) is 0. The summed E-state index contributed by atoms with van der Waals surface area (Å²) >= 11 is 0. The highest BCUT2D eigenvalue weighted by Crippen LogP contribution is 2.45. The molecule has 5 heteroatoms. The van der Waals surface area contributed by atoms with Gasteiger partial charge in [0, 0.05) is 49.4 Å². The number of fused-ring (bicyclic) bond motifs is 6. The number of hydrogen-bond acceptors (Lipinski definition) is 5. The van der Waals surface area contributed by atoms with Gasteiger partial charge in [0.2, 0.25) is 0 Å². The van der Waals surface area contributed by atoms with Crippen LogP contribution in [0.25, 0.3) is 111 Å². The molecule has 0 aliphatic rings. The van der Waals surface area contributed by atoms with Crippen molar-refractivity contribution in [3.05, 3.63) is 188 Å². The van der Waals surface area contributed by atoms with Gasteiger partial charge in [-0.3, -0.25) is 0 Å². The second-order valence-electron chi connectivity index (χ2n) is 13.9. The van der Waals surface area contributed by atoms with E-state index in [4.69, 9.17) is 23.8 Å². The lowest BCUT2D eigenvalue weighted by atomic mass is 9.94. The molecule has 262 valence electrons. The minimum Gasteiger partial charge on any atom is -0.455 e. The monoisotopic (exact) mass is 717 g/mol. The van der Waals surface area contributed by atoms with Gasteiger partial charge in [0.05, 0.1) is 0 Å². The van der Waals surface area contributed by atoms with Gasteiger partial charge in [0.25, 0.3) is 0 Å². The maximum atomic E-state index is 6.81. The summed E-state index contributed by atoms with van der Waals surface area (Å²) in [6, 6.07) is 64.3. The lowest BCUT2D eigenvalue weighted by Gasteiger charge is -2.10. The molecule has 56 heavy (non-hydrogen) atoms. The van der Waals surface area contributed by atoms with Gasteiger partial charge in [0.15, 0.2) is 17.5 Å². The van der Waals surface area contributed by atoms with Gasteiger partial charge in [-0.1, -0.05) is 170 Å². The molecule has 0 N–H and O–H groups in total. The van der Waals surface area contributed by atoms with Crippen LogP contribution in [0.2, 0.25) is 0 Å². The van der Waals surface area contributed by atoms with Crippen molar-refractivity contribution in [1.82, 2.24) is 15.0 Å². The molecule has 11 rings (SSSR count). The molecule has 0 aliphatic heterocycles. The van der Waals surface area contributed by atoms with Crippen LogP contribution in [0.4, 0.5) is 0 Å². The van der Waals surface area contributed by atoms with Gasteiger partial charge >= 0.3 is 0 Å². The molecule has 0 fully saturated rings. The van der Waals surface area contributed by atoms with E-state index in [1.807, 2.05) is 66.7 Å². The summed E-state index contributed by atoms with van der Waals surface area (Å²) in [4.78, 5) is 15.3. The van der Waals surface area contributed by atoms with Crippen LogP contribution >= 0.6 is 0 Å². The third-order valence-electron chi connectivity index (χ3n) is 10.6. The third kappa shape index (κ3) is 5.29. The van der Waals surface area contributed by atoms with Crippen molar-refractivity contribution in [2.24, 2.45) is 0 Å². The average molecular weight is 718 g/mol. The third-order valence-corrected chi connectivity index (χ3v) is 10.6. The molecule has 0 spiro atoms. The van der Waals surface area contributed by atoms with Gasteiger partial charge in [-0.15, -0.1) is 0 Å². The molecular formula is C51H31N3O2. The number of benzene rings is 8. The second-order valence-corrected chi connectivity index (χ2v) is 13.9. The van der Waals surface area contributed by atoms with Crippen LogP contribution in [0.3, 0.4) is 0 Å². The van der Waals surface area contributed by atoms with E-state index in [1.54, 1.807) is 0 Å². The first-order valence-electron chi connectivity index (χ1n) is 18.7. The Labute approximate surface area is 322 Å². The van der Waals surface area contributed by atoms with E-state index in [2.05, 4.69) is 121 Å². The Morgan fingerprint density at radius 2 is 0.750 bits per heavy atom. The number of nitrogens with zero attached hydrogens (tertiary/aromatic N) is 3. The van der Waals surface area contributed by atoms with Crippen LogP contribution < -0.4 is 0 Å². The van der Waals surface area contributed by atoms with Crippen LogP contribution in [0.5, 0.6) is 0 Å². The maximum absolute atomic E-state index is 6.81. The summed E-state index contributed by atoms with van der Waals surface area (Å²) in [7, 11) is 0. The molecule has 0 radical (unpaired) electrons. The predicted molar refractivity (Wildman–Crippen MR) is 227 cm³/mol. The topological polar surface area (TPSA) is 65.0 Å². The van der Waals surface area contributed by atoms with Crippen LogP contribution in [-0.4, -0.2) is 15.0 Å². The minimum atomic E-state index is 0.576. The summed E-state index contributed by atoms with van der Waals surface area (Å²) in [6.45, 7) is 0. The molecule has 0 amide bonds. The van der Waals surface area contributed by atoms with Crippen LogP contribution in [0, 0.1) is 0 Å². The van der Waals surface area contributed by atoms with Gasteiger partial charge in [-0.05, 0) is 40.5 Å². The van der Waals surface area contributed by atoms with E-state index in [0.717, 1.165) is 93.9 Å². The van der Waals surface area contributed by atoms with Crippen molar-refractivity contribution in [2.45, 2.75) is 0 Å². The zero-order valence-electron chi connectivity index (χ0n) is 30.1. The largest absolute Gasteiger partial charge is 0.455 e. The molecule has 0 unspecified atom stereocenters. The zero-order valence-corrected chi connectivity index (χ0v) is 30.1. The lowest BCUT2D eigenvalue weighted by Crippen LogP contribution is -2.00. The number of para-hydroxylation sites is 2. The first kappa shape index (κ1) is 31.9. The summed E-state index contributed by atoms with van der Waals surface area (Å²) in [5.74, 6) is 1.78. The van der Waals surface area contributed by atoms with Crippen LogP contribution in [-0.2, 0) is 0 Å². The normalized spacial score (nSPS) is 11.6. The molecule has 0 aliphatic carbocycles. The van der Waals surface area contributed by atoms with E-state index < -0.39 is 0 Å². The number of furan rings is 2. The Bertz CT molecular complexity index is 3220. The van der Waals surface area contributed by atoms with Crippen LogP contribution in [0.15, 0.2) is 197 Å². The Morgan fingerprint density at radius 1 is 0.268 bits per heavy atom. The molecule has 0 saturated carbocycles. The van der Waals surface area contributed by atoms with E-state index in [9.17, 15) is 0 Å². The Balaban J connectivity index is 1.10. The Morgan fingerprint density at radius 3 is 1.50 bits per heavy atom. The smallest absolute Gasteiger partial charge is 0.164 e. The molecule has 0 bridgehead atoms. The quantitative estimate of drug-likeness (QED) is 0.171. The highest BCUT2D eigenvalue weighted by molar-refractivity contribution is 6.20. The van der Waals surface area contributed by atoms with Gasteiger partial charge < -0.3 is 8.83 Å². The molecular weight excluding hydrogens is 687 g/mol. The fourth-order valence-electron chi connectivity index (χ4n) is 7.93. The standard InChI is InChI=1S/C51H31N3O2/c1-4-14-32(15-5-1)33-26-28-36(29-27-33)50-52-49(35-18-8-3-9-19-35)53-51(54-50)42-23-13-25-44-45(42)41-22-12-21-38(47(41)56-44)39-31-30-37(34-16-6-2-7-17-34)46-40-20-10-11-24-43(40)55-48(39)46/h1-31H. The van der Waals surface area contributed by atoms with E-state index in [0.29, 0.717) is 17.5 Å². The number of aromatic nitrogens is 3. The molecule has 0 saturated heterocycles. The Hall–Kier alpha value is -7.63. The highest BCUT2D eigenvalue weighted by Gasteiger charge is 2.22. The molecule has 5 nitrogen and oxygen atoms in total. The first-order chi connectivity index (χ1) is 27.8. The van der Waals surface area contributed by atoms with Crippen LogP contribution in [0.1, 0.15) is 0 Å². The lowest BCUT2D eigenvalue weighted by molar-refractivity contribution is 0.665. The molecule has 11 aromatic rings. The molecule has 8 aromatic carbocycles. The second kappa shape index (κ2) is 13.0. The maximum Gasteiger partial charge on any atom is 0.164 e. The molecule has 0 atom stereocenters.